The van der Waals surface area contributed by atoms with E-state index in [2.05, 4.69) is 16.2 Å². The maximum atomic E-state index is 12.1. The number of thiocarbonyl (C=S) groups is 1. The number of fused-ring (bicyclic) bond motifs is 1. The van der Waals surface area contributed by atoms with Crippen molar-refractivity contribution in [2.45, 2.75) is 13.3 Å². The summed E-state index contributed by atoms with van der Waals surface area (Å²) < 4.78 is 0. The first-order chi connectivity index (χ1) is 10.1. The molecule has 0 saturated heterocycles. The highest BCUT2D eigenvalue weighted by atomic mass is 32.1. The minimum Gasteiger partial charge on any atom is -0.507 e. The van der Waals surface area contributed by atoms with Gasteiger partial charge in [-0.2, -0.15) is 0 Å². The first-order valence-corrected chi connectivity index (χ1v) is 7.08. The van der Waals surface area contributed by atoms with E-state index in [0.717, 1.165) is 23.7 Å². The molecule has 0 saturated carbocycles. The Kier molecular flexibility index (Phi) is 4.94. The lowest BCUT2D eigenvalue weighted by Crippen LogP contribution is -2.46. The molecule has 0 aliphatic rings. The zero-order chi connectivity index (χ0) is 15.2. The molecule has 0 aliphatic carbocycles. The largest absolute Gasteiger partial charge is 0.507 e. The van der Waals surface area contributed by atoms with Gasteiger partial charge >= 0.3 is 0 Å². The molecule has 0 fully saturated rings. The van der Waals surface area contributed by atoms with E-state index >= 15 is 0 Å². The van der Waals surface area contributed by atoms with E-state index < -0.39 is 5.91 Å². The van der Waals surface area contributed by atoms with Crippen LogP contribution in [0, 0.1) is 0 Å². The Bertz CT molecular complexity index is 673. The van der Waals surface area contributed by atoms with Gasteiger partial charge in [0.2, 0.25) is 0 Å². The van der Waals surface area contributed by atoms with Gasteiger partial charge in [-0.15, -0.1) is 0 Å². The third-order valence-corrected chi connectivity index (χ3v) is 3.18. The predicted octanol–water partition coefficient (Wildman–Crippen LogP) is 2.06. The van der Waals surface area contributed by atoms with Crippen LogP contribution in [0.3, 0.4) is 0 Å². The molecule has 0 heterocycles. The third kappa shape index (κ3) is 3.82. The highest BCUT2D eigenvalue weighted by Gasteiger charge is 2.12. The maximum absolute atomic E-state index is 12.1. The molecule has 0 aliphatic heterocycles. The summed E-state index contributed by atoms with van der Waals surface area (Å²) in [6.07, 6.45) is 0.932. The monoisotopic (exact) mass is 303 g/mol. The molecule has 5 nitrogen and oxygen atoms in total. The first kappa shape index (κ1) is 15.1. The molecule has 1 amide bonds. The molecule has 4 N–H and O–H groups in total. The van der Waals surface area contributed by atoms with Crippen LogP contribution in [0.2, 0.25) is 0 Å². The van der Waals surface area contributed by atoms with Crippen LogP contribution in [0.15, 0.2) is 36.4 Å². The summed E-state index contributed by atoms with van der Waals surface area (Å²) in [5.74, 6) is -0.515. The number of amides is 1. The zero-order valence-electron chi connectivity index (χ0n) is 11.6. The van der Waals surface area contributed by atoms with Crippen molar-refractivity contribution in [1.82, 2.24) is 16.2 Å². The van der Waals surface area contributed by atoms with Crippen LogP contribution >= 0.6 is 12.2 Å². The summed E-state index contributed by atoms with van der Waals surface area (Å²) in [5.41, 5.74) is 5.26. The number of carbonyl (C=O) groups excluding carboxylic acids is 1. The van der Waals surface area contributed by atoms with Gasteiger partial charge in [0.15, 0.2) is 5.11 Å². The Hall–Kier alpha value is -2.34. The van der Waals surface area contributed by atoms with Crippen molar-refractivity contribution in [2.24, 2.45) is 0 Å². The molecule has 0 atom stereocenters. The highest BCUT2D eigenvalue weighted by molar-refractivity contribution is 7.80. The maximum Gasteiger partial charge on any atom is 0.273 e. The van der Waals surface area contributed by atoms with E-state index in [-0.39, 0.29) is 11.3 Å². The number of benzene rings is 2. The van der Waals surface area contributed by atoms with E-state index in [4.69, 9.17) is 12.2 Å². The Morgan fingerprint density at radius 2 is 1.86 bits per heavy atom. The van der Waals surface area contributed by atoms with Gasteiger partial charge in [-0.3, -0.25) is 15.6 Å². The molecule has 0 bridgehead atoms. The summed E-state index contributed by atoms with van der Waals surface area (Å²) in [7, 11) is 0. The fraction of sp³-hybridized carbons (Fsp3) is 0.200. The number of hydrogen-bond donors (Lipinski definition) is 4. The molecule has 6 heteroatoms. The SMILES string of the molecule is CCCNC(=S)NNC(=O)c1cc2ccccc2cc1O. The average Bonchev–Trinajstić information content (AvgIpc) is 2.49. The molecule has 0 aromatic heterocycles. The van der Waals surface area contributed by atoms with Crippen LogP contribution in [0.25, 0.3) is 10.8 Å². The third-order valence-electron chi connectivity index (χ3n) is 2.93. The van der Waals surface area contributed by atoms with Crippen molar-refractivity contribution in [3.8, 4) is 5.75 Å². The van der Waals surface area contributed by atoms with E-state index in [9.17, 15) is 9.90 Å². The summed E-state index contributed by atoms with van der Waals surface area (Å²) in [6, 6.07) is 10.7. The van der Waals surface area contributed by atoms with Gasteiger partial charge in [-0.05, 0) is 41.5 Å². The van der Waals surface area contributed by atoms with Crippen molar-refractivity contribution in [3.63, 3.8) is 0 Å². The molecule has 2 rings (SSSR count). The standard InChI is InChI=1S/C15H17N3O2S/c1-2-7-16-15(21)18-17-14(20)12-8-10-5-3-4-6-11(10)9-13(12)19/h3-6,8-9,19H,2,7H2,1H3,(H,17,20)(H2,16,18,21). The van der Waals surface area contributed by atoms with Gasteiger partial charge in [-0.1, -0.05) is 31.2 Å². The van der Waals surface area contributed by atoms with Crippen LogP contribution in [-0.2, 0) is 0 Å². The molecule has 21 heavy (non-hydrogen) atoms. The fourth-order valence-corrected chi connectivity index (χ4v) is 2.03. The molecule has 2 aromatic carbocycles. The quantitative estimate of drug-likeness (QED) is 0.516. The Morgan fingerprint density at radius 3 is 2.52 bits per heavy atom. The van der Waals surface area contributed by atoms with Gasteiger partial charge in [0.25, 0.3) is 5.91 Å². The summed E-state index contributed by atoms with van der Waals surface area (Å²) in [5, 5.41) is 15.0. The van der Waals surface area contributed by atoms with Gasteiger partial charge in [0.1, 0.15) is 5.75 Å². The Morgan fingerprint density at radius 1 is 1.19 bits per heavy atom. The average molecular weight is 303 g/mol. The van der Waals surface area contributed by atoms with Crippen molar-refractivity contribution in [3.05, 3.63) is 42.0 Å². The lowest BCUT2D eigenvalue weighted by Gasteiger charge is -2.12. The minimum atomic E-state index is -0.445. The second-order valence-electron chi connectivity index (χ2n) is 4.55. The second kappa shape index (κ2) is 6.90. The molecule has 110 valence electrons. The Balaban J connectivity index is 2.08. The summed E-state index contributed by atoms with van der Waals surface area (Å²) >= 11 is 5.00. The van der Waals surface area contributed by atoms with Crippen LogP contribution in [-0.4, -0.2) is 22.7 Å². The number of phenolic OH excluding ortho intramolecular Hbond substituents is 1. The number of carbonyl (C=O) groups is 1. The molecule has 0 unspecified atom stereocenters. The highest BCUT2D eigenvalue weighted by Crippen LogP contribution is 2.24. The number of hydrazine groups is 1. The topological polar surface area (TPSA) is 73.4 Å². The van der Waals surface area contributed by atoms with E-state index in [1.807, 2.05) is 31.2 Å². The number of phenols is 1. The molecular formula is C15H17N3O2S. The lowest BCUT2D eigenvalue weighted by molar-refractivity contribution is 0.0941. The van der Waals surface area contributed by atoms with E-state index in [0.29, 0.717) is 5.11 Å². The lowest BCUT2D eigenvalue weighted by atomic mass is 10.1. The molecule has 2 aromatic rings. The summed E-state index contributed by atoms with van der Waals surface area (Å²) in [6.45, 7) is 2.74. The van der Waals surface area contributed by atoms with Gasteiger partial charge in [0, 0.05) is 6.54 Å². The van der Waals surface area contributed by atoms with Gasteiger partial charge < -0.3 is 10.4 Å². The molecule has 0 spiro atoms. The van der Waals surface area contributed by atoms with Crippen LogP contribution in [0.5, 0.6) is 5.75 Å². The smallest absolute Gasteiger partial charge is 0.273 e. The van der Waals surface area contributed by atoms with Crippen molar-refractivity contribution in [2.75, 3.05) is 6.54 Å². The van der Waals surface area contributed by atoms with E-state index in [1.165, 1.54) is 0 Å². The second-order valence-corrected chi connectivity index (χ2v) is 4.96. The van der Waals surface area contributed by atoms with Crippen molar-refractivity contribution in [1.29, 1.82) is 0 Å². The van der Waals surface area contributed by atoms with Crippen molar-refractivity contribution >= 4 is 34.0 Å². The molecular weight excluding hydrogens is 286 g/mol. The van der Waals surface area contributed by atoms with Gasteiger partial charge in [0.05, 0.1) is 5.56 Å². The number of aromatic hydroxyl groups is 1. The van der Waals surface area contributed by atoms with Gasteiger partial charge in [-0.25, -0.2) is 0 Å². The fourth-order valence-electron chi connectivity index (χ4n) is 1.87. The van der Waals surface area contributed by atoms with Crippen LogP contribution in [0.4, 0.5) is 0 Å². The normalized spacial score (nSPS) is 10.1. The zero-order valence-corrected chi connectivity index (χ0v) is 12.5. The summed E-state index contributed by atoms with van der Waals surface area (Å²) in [4.78, 5) is 12.1. The van der Waals surface area contributed by atoms with Crippen LogP contribution < -0.4 is 16.2 Å². The van der Waals surface area contributed by atoms with E-state index in [1.54, 1.807) is 12.1 Å². The minimum absolute atomic E-state index is 0.0690. The number of hydrogen-bond acceptors (Lipinski definition) is 3. The number of nitrogens with one attached hydrogen (secondary N) is 3. The van der Waals surface area contributed by atoms with Crippen LogP contribution in [0.1, 0.15) is 23.7 Å². The predicted molar refractivity (Wildman–Crippen MR) is 87.1 cm³/mol. The van der Waals surface area contributed by atoms with Crippen molar-refractivity contribution < 1.29 is 9.90 Å². The Labute approximate surface area is 128 Å². The first-order valence-electron chi connectivity index (χ1n) is 6.67. The number of rotatable bonds is 3. The molecule has 0 radical (unpaired) electrons.